The summed E-state index contributed by atoms with van der Waals surface area (Å²) >= 11 is 5.97. The first-order chi connectivity index (χ1) is 15.1. The quantitative estimate of drug-likeness (QED) is 0.345. The SMILES string of the molecule is COc1cc(/C=N\Nc2ccc3nnc(-c4ccc(Cl)cc4)n3n2)cc(OC)c1OC. The van der Waals surface area contributed by atoms with Gasteiger partial charge in [-0.05, 0) is 48.5 Å². The number of rotatable bonds is 7. The second-order valence-corrected chi connectivity index (χ2v) is 6.78. The van der Waals surface area contributed by atoms with E-state index >= 15 is 0 Å². The molecule has 31 heavy (non-hydrogen) atoms. The highest BCUT2D eigenvalue weighted by Crippen LogP contribution is 2.37. The van der Waals surface area contributed by atoms with Gasteiger partial charge in [-0.15, -0.1) is 15.3 Å². The van der Waals surface area contributed by atoms with Gasteiger partial charge in [0.25, 0.3) is 0 Å². The van der Waals surface area contributed by atoms with E-state index < -0.39 is 0 Å². The van der Waals surface area contributed by atoms with Crippen molar-refractivity contribution in [2.45, 2.75) is 0 Å². The third-order valence-electron chi connectivity index (χ3n) is 4.45. The van der Waals surface area contributed by atoms with Crippen LogP contribution in [0.3, 0.4) is 0 Å². The van der Waals surface area contributed by atoms with Gasteiger partial charge in [0.15, 0.2) is 28.8 Å². The molecule has 0 radical (unpaired) electrons. The van der Waals surface area contributed by atoms with Gasteiger partial charge < -0.3 is 14.2 Å². The molecule has 4 rings (SSSR count). The van der Waals surface area contributed by atoms with Crippen LogP contribution in [0.25, 0.3) is 17.0 Å². The predicted octanol–water partition coefficient (Wildman–Crippen LogP) is 3.92. The Labute approximate surface area is 183 Å². The van der Waals surface area contributed by atoms with Gasteiger partial charge in [-0.1, -0.05) is 11.6 Å². The van der Waals surface area contributed by atoms with E-state index in [9.17, 15) is 0 Å². The zero-order chi connectivity index (χ0) is 21.8. The van der Waals surface area contributed by atoms with Gasteiger partial charge in [0.1, 0.15) is 0 Å². The zero-order valence-electron chi connectivity index (χ0n) is 17.0. The van der Waals surface area contributed by atoms with Crippen molar-refractivity contribution >= 4 is 29.3 Å². The average molecular weight is 439 g/mol. The second kappa shape index (κ2) is 8.88. The molecule has 2 heterocycles. The van der Waals surface area contributed by atoms with Crippen molar-refractivity contribution in [3.63, 3.8) is 0 Å². The maximum absolute atomic E-state index is 5.97. The van der Waals surface area contributed by atoms with Crippen LogP contribution in [-0.2, 0) is 0 Å². The number of nitrogens with zero attached hydrogens (tertiary/aromatic N) is 5. The summed E-state index contributed by atoms with van der Waals surface area (Å²) in [5, 5.41) is 17.8. The Balaban J connectivity index is 1.59. The molecule has 0 aliphatic rings. The van der Waals surface area contributed by atoms with Crippen LogP contribution < -0.4 is 19.6 Å². The van der Waals surface area contributed by atoms with Crippen molar-refractivity contribution in [3.8, 4) is 28.6 Å². The number of ether oxygens (including phenoxy) is 3. The van der Waals surface area contributed by atoms with Crippen LogP contribution in [0, 0.1) is 0 Å². The molecule has 9 nitrogen and oxygen atoms in total. The third-order valence-corrected chi connectivity index (χ3v) is 4.70. The van der Waals surface area contributed by atoms with Crippen molar-refractivity contribution < 1.29 is 14.2 Å². The summed E-state index contributed by atoms with van der Waals surface area (Å²) < 4.78 is 17.7. The molecule has 0 bridgehead atoms. The predicted molar refractivity (Wildman–Crippen MR) is 119 cm³/mol. The fourth-order valence-electron chi connectivity index (χ4n) is 2.98. The number of halogens is 1. The lowest BCUT2D eigenvalue weighted by Gasteiger charge is -2.12. The molecule has 0 aliphatic heterocycles. The first kappa shape index (κ1) is 20.4. The Morgan fingerprint density at radius 2 is 1.65 bits per heavy atom. The van der Waals surface area contributed by atoms with Crippen LogP contribution in [0.15, 0.2) is 53.6 Å². The van der Waals surface area contributed by atoms with E-state index in [1.54, 1.807) is 68.5 Å². The van der Waals surface area contributed by atoms with E-state index in [0.29, 0.717) is 39.6 Å². The van der Waals surface area contributed by atoms with Crippen LogP contribution in [0.5, 0.6) is 17.2 Å². The fourth-order valence-corrected chi connectivity index (χ4v) is 3.10. The number of anilines is 1. The summed E-state index contributed by atoms with van der Waals surface area (Å²) in [7, 11) is 4.68. The summed E-state index contributed by atoms with van der Waals surface area (Å²) in [5.74, 6) is 2.72. The molecule has 4 aromatic rings. The minimum Gasteiger partial charge on any atom is -0.493 e. The number of hydrazone groups is 1. The molecule has 2 aromatic heterocycles. The Hall–Kier alpha value is -3.85. The Morgan fingerprint density at radius 3 is 2.29 bits per heavy atom. The van der Waals surface area contributed by atoms with Crippen molar-refractivity contribution in [1.29, 1.82) is 0 Å². The Kier molecular flexibility index (Phi) is 5.85. The monoisotopic (exact) mass is 438 g/mol. The van der Waals surface area contributed by atoms with E-state index in [1.807, 2.05) is 12.1 Å². The summed E-state index contributed by atoms with van der Waals surface area (Å²) in [4.78, 5) is 0. The van der Waals surface area contributed by atoms with Gasteiger partial charge in [-0.25, -0.2) is 0 Å². The molecule has 0 unspecified atom stereocenters. The fraction of sp³-hybridized carbons (Fsp3) is 0.143. The highest BCUT2D eigenvalue weighted by molar-refractivity contribution is 6.30. The largest absolute Gasteiger partial charge is 0.493 e. The second-order valence-electron chi connectivity index (χ2n) is 6.35. The third kappa shape index (κ3) is 4.22. The van der Waals surface area contributed by atoms with Gasteiger partial charge in [0.2, 0.25) is 5.75 Å². The summed E-state index contributed by atoms with van der Waals surface area (Å²) in [6, 6.07) is 14.5. The minimum absolute atomic E-state index is 0.518. The molecule has 0 saturated heterocycles. The number of hydrogen-bond acceptors (Lipinski definition) is 8. The molecule has 1 N–H and O–H groups in total. The van der Waals surface area contributed by atoms with E-state index in [-0.39, 0.29) is 0 Å². The average Bonchev–Trinajstić information content (AvgIpc) is 3.22. The van der Waals surface area contributed by atoms with Gasteiger partial charge in [0.05, 0.1) is 27.5 Å². The van der Waals surface area contributed by atoms with Crippen molar-refractivity contribution in [1.82, 2.24) is 19.8 Å². The van der Waals surface area contributed by atoms with Crippen LogP contribution in [-0.4, -0.2) is 47.4 Å². The highest BCUT2D eigenvalue weighted by atomic mass is 35.5. The Morgan fingerprint density at radius 1 is 0.935 bits per heavy atom. The molecule has 0 amide bonds. The van der Waals surface area contributed by atoms with Crippen molar-refractivity contribution in [3.05, 3.63) is 59.1 Å². The topological polar surface area (TPSA) is 95.2 Å². The van der Waals surface area contributed by atoms with Gasteiger partial charge in [-0.2, -0.15) is 9.62 Å². The molecule has 158 valence electrons. The van der Waals surface area contributed by atoms with Crippen LogP contribution in [0.2, 0.25) is 5.02 Å². The zero-order valence-corrected chi connectivity index (χ0v) is 17.8. The first-order valence-electron chi connectivity index (χ1n) is 9.20. The molecule has 0 fully saturated rings. The van der Waals surface area contributed by atoms with Crippen LogP contribution in [0.1, 0.15) is 5.56 Å². The first-order valence-corrected chi connectivity index (χ1v) is 9.58. The maximum Gasteiger partial charge on any atom is 0.203 e. The van der Waals surface area contributed by atoms with Crippen molar-refractivity contribution in [2.24, 2.45) is 5.10 Å². The summed E-state index contributed by atoms with van der Waals surface area (Å²) in [6.45, 7) is 0. The molecule has 0 spiro atoms. The Bertz CT molecular complexity index is 1210. The smallest absolute Gasteiger partial charge is 0.203 e. The molecular formula is C21H19ClN6O3. The van der Waals surface area contributed by atoms with Crippen LogP contribution in [0.4, 0.5) is 5.82 Å². The molecular weight excluding hydrogens is 420 g/mol. The molecule has 0 atom stereocenters. The molecule has 0 saturated carbocycles. The number of aromatic nitrogens is 4. The standard InChI is InChI=1S/C21H19ClN6O3/c1-29-16-10-13(11-17(30-2)20(16)31-3)12-23-24-18-8-9-19-25-26-21(28(19)27-18)14-4-6-15(22)7-5-14/h4-12H,1-3H3,(H,24,27)/b23-12-. The minimum atomic E-state index is 0.518. The highest BCUT2D eigenvalue weighted by Gasteiger charge is 2.13. The molecule has 10 heteroatoms. The van der Waals surface area contributed by atoms with E-state index in [4.69, 9.17) is 25.8 Å². The normalized spacial score (nSPS) is 11.1. The van der Waals surface area contributed by atoms with Crippen LogP contribution >= 0.6 is 11.6 Å². The van der Waals surface area contributed by atoms with Gasteiger partial charge in [-0.3, -0.25) is 5.43 Å². The lowest BCUT2D eigenvalue weighted by molar-refractivity contribution is 0.324. The maximum atomic E-state index is 5.97. The van der Waals surface area contributed by atoms with Gasteiger partial charge in [0, 0.05) is 16.1 Å². The lowest BCUT2D eigenvalue weighted by Crippen LogP contribution is -2.01. The molecule has 0 aliphatic carbocycles. The van der Waals surface area contributed by atoms with Crippen molar-refractivity contribution in [2.75, 3.05) is 26.8 Å². The number of nitrogens with one attached hydrogen (secondary N) is 1. The number of methoxy groups -OCH3 is 3. The summed E-state index contributed by atoms with van der Waals surface area (Å²) in [5.41, 5.74) is 5.14. The van der Waals surface area contributed by atoms with E-state index in [0.717, 1.165) is 11.1 Å². The van der Waals surface area contributed by atoms with E-state index in [1.165, 1.54) is 0 Å². The summed E-state index contributed by atoms with van der Waals surface area (Å²) in [6.07, 6.45) is 1.63. The lowest BCUT2D eigenvalue weighted by atomic mass is 10.2. The molecule has 2 aromatic carbocycles. The number of hydrogen-bond donors (Lipinski definition) is 1. The van der Waals surface area contributed by atoms with E-state index in [2.05, 4.69) is 25.8 Å². The number of fused-ring (bicyclic) bond motifs is 1. The number of benzene rings is 2. The van der Waals surface area contributed by atoms with Gasteiger partial charge >= 0.3 is 0 Å².